The van der Waals surface area contributed by atoms with Gasteiger partial charge in [0.1, 0.15) is 5.75 Å². The van der Waals surface area contributed by atoms with E-state index < -0.39 is 7.83 Å². The third-order valence-corrected chi connectivity index (χ3v) is 1.71. The number of halogens is 1. The topological polar surface area (TPSA) is 52.3 Å². The molecule has 1 aromatic carbocycles. The predicted octanol–water partition coefficient (Wildman–Crippen LogP) is 2.41. The van der Waals surface area contributed by atoms with Gasteiger partial charge in [-0.25, -0.2) is 10.1 Å². The second kappa shape index (κ2) is 3.25. The van der Waals surface area contributed by atoms with Crippen LogP contribution in [-0.4, -0.2) is 0 Å². The largest absolute Gasteiger partial charge is 0.493 e. The molecule has 0 fully saturated rings. The number of benzene rings is 1. The maximum Gasteiger partial charge on any atom is 0.493 e. The zero-order valence-electron chi connectivity index (χ0n) is 6.53. The zero-order valence-corrected chi connectivity index (χ0v) is 7.42. The first-order chi connectivity index (χ1) is 5.47. The average molecular weight is 189 g/mol. The minimum Gasteiger partial charge on any atom is -0.410 e. The highest BCUT2D eigenvalue weighted by molar-refractivity contribution is 7.51. The molecule has 1 aromatic rings. The average Bonchev–Trinajstić information content (AvgIpc) is 1.91. The first-order valence-corrected chi connectivity index (χ1v) is 4.90. The highest BCUT2D eigenvalue weighted by atomic mass is 31.2. The molecule has 0 heterocycles. The van der Waals surface area contributed by atoms with Crippen molar-refractivity contribution < 1.29 is 13.3 Å². The van der Waals surface area contributed by atoms with E-state index in [0.29, 0.717) is 0 Å². The van der Waals surface area contributed by atoms with E-state index in [9.17, 15) is 8.76 Å². The van der Waals surface area contributed by atoms with Crippen molar-refractivity contribution in [2.75, 3.05) is 0 Å². The van der Waals surface area contributed by atoms with E-state index in [-0.39, 0.29) is 5.75 Å². The summed E-state index contributed by atoms with van der Waals surface area (Å²) in [6, 6.07) is 6.44. The monoisotopic (exact) mass is 189 g/mol. The first-order valence-electron chi connectivity index (χ1n) is 3.32. The van der Waals surface area contributed by atoms with Crippen molar-refractivity contribution in [2.24, 2.45) is 5.50 Å². The summed E-state index contributed by atoms with van der Waals surface area (Å²) in [7, 11) is -4.40. The molecule has 3 nitrogen and oxygen atoms in total. The molecule has 5 heteroatoms. The van der Waals surface area contributed by atoms with Crippen LogP contribution in [0.15, 0.2) is 24.3 Å². The SMILES string of the molecule is Cc1ccc(OP(N)(=O)F)cc1. The van der Waals surface area contributed by atoms with Crippen LogP contribution >= 0.6 is 7.83 Å². The molecule has 0 bridgehead atoms. The van der Waals surface area contributed by atoms with Gasteiger partial charge in [-0.1, -0.05) is 17.7 Å². The van der Waals surface area contributed by atoms with Gasteiger partial charge in [-0.2, -0.15) is 0 Å². The molecule has 0 aliphatic rings. The summed E-state index contributed by atoms with van der Waals surface area (Å²) < 4.78 is 27.0. The van der Waals surface area contributed by atoms with E-state index in [1.807, 2.05) is 6.92 Å². The first kappa shape index (κ1) is 9.23. The molecule has 0 radical (unpaired) electrons. The molecule has 0 spiro atoms. The van der Waals surface area contributed by atoms with Gasteiger partial charge in [-0.15, -0.1) is 4.20 Å². The van der Waals surface area contributed by atoms with E-state index in [0.717, 1.165) is 5.56 Å². The Kier molecular flexibility index (Phi) is 2.50. The van der Waals surface area contributed by atoms with Crippen LogP contribution in [0.2, 0.25) is 0 Å². The van der Waals surface area contributed by atoms with Crippen molar-refractivity contribution in [3.8, 4) is 5.75 Å². The Morgan fingerprint density at radius 1 is 1.42 bits per heavy atom. The van der Waals surface area contributed by atoms with Crippen LogP contribution in [0, 0.1) is 6.92 Å². The lowest BCUT2D eigenvalue weighted by atomic mass is 10.2. The maximum absolute atomic E-state index is 12.3. The Balaban J connectivity index is 2.78. The van der Waals surface area contributed by atoms with Gasteiger partial charge in [-0.05, 0) is 19.1 Å². The van der Waals surface area contributed by atoms with Crippen LogP contribution in [-0.2, 0) is 4.57 Å². The van der Waals surface area contributed by atoms with Crippen LogP contribution < -0.4 is 10.0 Å². The molecule has 1 unspecified atom stereocenters. The molecule has 0 saturated carbocycles. The van der Waals surface area contributed by atoms with Gasteiger partial charge < -0.3 is 4.52 Å². The molecule has 66 valence electrons. The van der Waals surface area contributed by atoms with E-state index in [1.165, 1.54) is 12.1 Å². The maximum atomic E-state index is 12.3. The molecule has 0 aliphatic carbocycles. The summed E-state index contributed by atoms with van der Waals surface area (Å²) in [4.78, 5) is 0. The lowest BCUT2D eigenvalue weighted by Gasteiger charge is -2.05. The van der Waals surface area contributed by atoms with Gasteiger partial charge in [0.25, 0.3) is 0 Å². The summed E-state index contributed by atoms with van der Waals surface area (Å²) in [6.07, 6.45) is 0. The number of nitrogens with two attached hydrogens (primary N) is 1. The number of aryl methyl sites for hydroxylation is 1. The second-order valence-corrected chi connectivity index (χ2v) is 3.65. The van der Waals surface area contributed by atoms with Gasteiger partial charge >= 0.3 is 7.83 Å². The lowest BCUT2D eigenvalue weighted by Crippen LogP contribution is -1.96. The highest BCUT2D eigenvalue weighted by Gasteiger charge is 2.15. The predicted molar refractivity (Wildman–Crippen MR) is 44.7 cm³/mol. The number of hydrogen-bond acceptors (Lipinski definition) is 2. The van der Waals surface area contributed by atoms with E-state index in [1.54, 1.807) is 12.1 Å². The van der Waals surface area contributed by atoms with E-state index >= 15 is 0 Å². The summed E-state index contributed by atoms with van der Waals surface area (Å²) in [5, 5.41) is 0. The van der Waals surface area contributed by atoms with Crippen molar-refractivity contribution in [1.82, 2.24) is 0 Å². The van der Waals surface area contributed by atoms with Gasteiger partial charge in [0, 0.05) is 0 Å². The molecule has 1 rings (SSSR count). The fraction of sp³-hybridized carbons (Fsp3) is 0.143. The number of hydrogen-bond donors (Lipinski definition) is 1. The van der Waals surface area contributed by atoms with Crippen molar-refractivity contribution in [3.63, 3.8) is 0 Å². The highest BCUT2D eigenvalue weighted by Crippen LogP contribution is 2.39. The molecule has 0 amide bonds. The third-order valence-electron chi connectivity index (χ3n) is 1.25. The van der Waals surface area contributed by atoms with Gasteiger partial charge in [-0.3, -0.25) is 0 Å². The van der Waals surface area contributed by atoms with Crippen LogP contribution in [0.5, 0.6) is 5.75 Å². The molecule has 1 atom stereocenters. The van der Waals surface area contributed by atoms with Crippen molar-refractivity contribution >= 4 is 7.83 Å². The van der Waals surface area contributed by atoms with Crippen LogP contribution in [0.25, 0.3) is 0 Å². The number of rotatable bonds is 2. The minimum atomic E-state index is -4.40. The van der Waals surface area contributed by atoms with Crippen LogP contribution in [0.1, 0.15) is 5.56 Å². The minimum absolute atomic E-state index is 0.175. The van der Waals surface area contributed by atoms with Crippen molar-refractivity contribution in [2.45, 2.75) is 6.92 Å². The summed E-state index contributed by atoms with van der Waals surface area (Å²) >= 11 is 0. The van der Waals surface area contributed by atoms with Gasteiger partial charge in [0.15, 0.2) is 0 Å². The van der Waals surface area contributed by atoms with E-state index in [2.05, 4.69) is 10.0 Å². The summed E-state index contributed by atoms with van der Waals surface area (Å²) in [5.41, 5.74) is 5.58. The summed E-state index contributed by atoms with van der Waals surface area (Å²) in [5.74, 6) is 0.175. The van der Waals surface area contributed by atoms with E-state index in [4.69, 9.17) is 0 Å². The Labute approximate surface area is 70.0 Å². The Bertz CT molecular complexity index is 306. The van der Waals surface area contributed by atoms with Crippen molar-refractivity contribution in [1.29, 1.82) is 0 Å². The fourth-order valence-electron chi connectivity index (χ4n) is 0.743. The van der Waals surface area contributed by atoms with Gasteiger partial charge in [0.2, 0.25) is 0 Å². The quantitative estimate of drug-likeness (QED) is 0.726. The molecule has 2 N–H and O–H groups in total. The second-order valence-electron chi connectivity index (χ2n) is 2.43. The molecule has 0 aromatic heterocycles. The van der Waals surface area contributed by atoms with Crippen LogP contribution in [0.4, 0.5) is 4.20 Å². The molecule has 12 heavy (non-hydrogen) atoms. The van der Waals surface area contributed by atoms with Crippen molar-refractivity contribution in [3.05, 3.63) is 29.8 Å². The summed E-state index contributed by atoms with van der Waals surface area (Å²) in [6.45, 7) is 1.88. The zero-order chi connectivity index (χ0) is 9.19. The Hall–Kier alpha value is -0.860. The fourth-order valence-corrected chi connectivity index (χ4v) is 1.15. The Morgan fingerprint density at radius 3 is 2.33 bits per heavy atom. The molecule has 0 saturated heterocycles. The lowest BCUT2D eigenvalue weighted by molar-refractivity contribution is 0.436. The third kappa shape index (κ3) is 3.03. The van der Waals surface area contributed by atoms with Gasteiger partial charge in [0.05, 0.1) is 0 Å². The Morgan fingerprint density at radius 2 is 1.92 bits per heavy atom. The van der Waals surface area contributed by atoms with Crippen LogP contribution in [0.3, 0.4) is 0 Å². The standard InChI is InChI=1S/C7H9FNO2P/c1-6-2-4-7(5-3-6)11-12(8,9)10/h2-5H,1H3,(H2,9,10). The molecule has 0 aliphatic heterocycles. The molecular formula is C7H9FNO2P. The molecular weight excluding hydrogens is 180 g/mol. The normalized spacial score (nSPS) is 15.2. The smallest absolute Gasteiger partial charge is 0.410 e.